The van der Waals surface area contributed by atoms with E-state index in [1.54, 1.807) is 0 Å². The van der Waals surface area contributed by atoms with Crippen LogP contribution in [0.2, 0.25) is 0 Å². The molecule has 0 fully saturated rings. The molecule has 0 heterocycles. The lowest BCUT2D eigenvalue weighted by atomic mass is 9.98. The Bertz CT molecular complexity index is 910. The van der Waals surface area contributed by atoms with E-state index >= 15 is 0 Å². The average Bonchev–Trinajstić information content (AvgIpc) is 2.76. The lowest BCUT2D eigenvalue weighted by molar-refractivity contribution is 0.0936. The maximum atomic E-state index is 12.8. The van der Waals surface area contributed by atoms with Crippen LogP contribution in [0.4, 0.5) is 0 Å². The molecule has 1 atom stereocenters. The van der Waals surface area contributed by atoms with Crippen molar-refractivity contribution in [2.75, 3.05) is 13.2 Å². The van der Waals surface area contributed by atoms with Crippen molar-refractivity contribution in [1.82, 2.24) is 5.32 Å². The summed E-state index contributed by atoms with van der Waals surface area (Å²) in [4.78, 5) is 12.8. The first kappa shape index (κ1) is 20.5. The standard InChI is InChI=1S/C25H27NO3/c1-3-28-23-16-15-21(18-24(23)29-4-2)22(17-19-11-7-5-8-12-19)26-25(27)20-13-9-6-10-14-20/h5-16,18,22H,3-4,17H2,1-2H3,(H,26,27). The Labute approximate surface area is 172 Å². The van der Waals surface area contributed by atoms with Crippen molar-refractivity contribution in [3.8, 4) is 11.5 Å². The molecule has 0 saturated heterocycles. The highest BCUT2D eigenvalue weighted by atomic mass is 16.5. The lowest BCUT2D eigenvalue weighted by Gasteiger charge is -2.21. The Balaban J connectivity index is 1.91. The van der Waals surface area contributed by atoms with Gasteiger partial charge in [0.2, 0.25) is 0 Å². The SMILES string of the molecule is CCOc1ccc(C(Cc2ccccc2)NC(=O)c2ccccc2)cc1OCC. The normalized spacial score (nSPS) is 11.5. The van der Waals surface area contributed by atoms with Gasteiger partial charge >= 0.3 is 0 Å². The van der Waals surface area contributed by atoms with Crippen molar-refractivity contribution in [2.24, 2.45) is 0 Å². The number of carbonyl (C=O) groups is 1. The quantitative estimate of drug-likeness (QED) is 0.547. The zero-order chi connectivity index (χ0) is 20.5. The number of carbonyl (C=O) groups excluding carboxylic acids is 1. The molecular formula is C25H27NO3. The number of amides is 1. The first-order valence-electron chi connectivity index (χ1n) is 10.0. The summed E-state index contributed by atoms with van der Waals surface area (Å²) in [6.07, 6.45) is 0.680. The monoisotopic (exact) mass is 389 g/mol. The van der Waals surface area contributed by atoms with Gasteiger partial charge < -0.3 is 14.8 Å². The fourth-order valence-corrected chi connectivity index (χ4v) is 3.22. The van der Waals surface area contributed by atoms with Crippen LogP contribution in [-0.4, -0.2) is 19.1 Å². The van der Waals surface area contributed by atoms with Gasteiger partial charge in [-0.25, -0.2) is 0 Å². The smallest absolute Gasteiger partial charge is 0.251 e. The van der Waals surface area contributed by atoms with Crippen molar-refractivity contribution in [2.45, 2.75) is 26.3 Å². The molecule has 3 aromatic carbocycles. The van der Waals surface area contributed by atoms with Crippen LogP contribution in [0.3, 0.4) is 0 Å². The van der Waals surface area contributed by atoms with Crippen LogP contribution in [-0.2, 0) is 6.42 Å². The summed E-state index contributed by atoms with van der Waals surface area (Å²) in [7, 11) is 0. The molecule has 0 aromatic heterocycles. The highest BCUT2D eigenvalue weighted by Gasteiger charge is 2.18. The highest BCUT2D eigenvalue weighted by molar-refractivity contribution is 5.94. The minimum absolute atomic E-state index is 0.0987. The predicted molar refractivity (Wildman–Crippen MR) is 116 cm³/mol. The van der Waals surface area contributed by atoms with E-state index in [0.717, 1.165) is 11.1 Å². The Morgan fingerprint density at radius 3 is 2.10 bits per heavy atom. The van der Waals surface area contributed by atoms with E-state index in [-0.39, 0.29) is 11.9 Å². The molecule has 150 valence electrons. The summed E-state index contributed by atoms with van der Waals surface area (Å²) in [5.74, 6) is 1.31. The summed E-state index contributed by atoms with van der Waals surface area (Å²) in [5.41, 5.74) is 2.77. The van der Waals surface area contributed by atoms with Gasteiger partial charge in [-0.2, -0.15) is 0 Å². The van der Waals surface area contributed by atoms with Gasteiger partial charge in [-0.1, -0.05) is 54.6 Å². The molecule has 0 aliphatic heterocycles. The summed E-state index contributed by atoms with van der Waals surface area (Å²) in [6, 6.07) is 25.1. The molecule has 0 aliphatic carbocycles. The molecule has 3 aromatic rings. The van der Waals surface area contributed by atoms with Crippen LogP contribution in [0.25, 0.3) is 0 Å². The maximum Gasteiger partial charge on any atom is 0.251 e. The average molecular weight is 389 g/mol. The molecule has 0 spiro atoms. The molecule has 0 bridgehead atoms. The molecule has 1 unspecified atom stereocenters. The largest absolute Gasteiger partial charge is 0.490 e. The van der Waals surface area contributed by atoms with Crippen molar-refractivity contribution in [1.29, 1.82) is 0 Å². The van der Waals surface area contributed by atoms with Gasteiger partial charge in [0.25, 0.3) is 5.91 Å². The number of hydrogen-bond donors (Lipinski definition) is 1. The number of nitrogens with one attached hydrogen (secondary N) is 1. The molecule has 3 rings (SSSR count). The van der Waals surface area contributed by atoms with Crippen LogP contribution < -0.4 is 14.8 Å². The highest BCUT2D eigenvalue weighted by Crippen LogP contribution is 2.32. The van der Waals surface area contributed by atoms with E-state index in [0.29, 0.717) is 36.7 Å². The van der Waals surface area contributed by atoms with Crippen LogP contribution in [0.1, 0.15) is 41.4 Å². The number of rotatable bonds is 9. The van der Waals surface area contributed by atoms with Crippen LogP contribution >= 0.6 is 0 Å². The van der Waals surface area contributed by atoms with Crippen molar-refractivity contribution in [3.05, 3.63) is 95.6 Å². The summed E-state index contributed by atoms with van der Waals surface area (Å²) >= 11 is 0. The first-order chi connectivity index (χ1) is 14.2. The Kier molecular flexibility index (Phi) is 7.28. The van der Waals surface area contributed by atoms with E-state index < -0.39 is 0 Å². The number of ether oxygens (including phenoxy) is 2. The second kappa shape index (κ2) is 10.3. The third-order valence-electron chi connectivity index (χ3n) is 4.59. The van der Waals surface area contributed by atoms with E-state index in [1.165, 1.54) is 0 Å². The second-order valence-corrected chi connectivity index (χ2v) is 6.65. The number of benzene rings is 3. The number of hydrogen-bond acceptors (Lipinski definition) is 3. The minimum atomic E-state index is -0.194. The molecular weight excluding hydrogens is 362 g/mol. The summed E-state index contributed by atoms with van der Waals surface area (Å²) in [5, 5.41) is 3.18. The van der Waals surface area contributed by atoms with E-state index in [1.807, 2.05) is 80.6 Å². The Morgan fingerprint density at radius 2 is 1.45 bits per heavy atom. The fraction of sp³-hybridized carbons (Fsp3) is 0.240. The first-order valence-corrected chi connectivity index (χ1v) is 10.0. The van der Waals surface area contributed by atoms with E-state index in [4.69, 9.17) is 9.47 Å². The zero-order valence-electron chi connectivity index (χ0n) is 16.9. The second-order valence-electron chi connectivity index (χ2n) is 6.65. The molecule has 29 heavy (non-hydrogen) atoms. The van der Waals surface area contributed by atoms with Crippen molar-refractivity contribution < 1.29 is 14.3 Å². The topological polar surface area (TPSA) is 47.6 Å². The molecule has 1 amide bonds. The van der Waals surface area contributed by atoms with Gasteiger partial charge in [0.15, 0.2) is 11.5 Å². The van der Waals surface area contributed by atoms with Gasteiger partial charge in [0, 0.05) is 5.56 Å². The van der Waals surface area contributed by atoms with Gasteiger partial charge in [0.1, 0.15) is 0 Å². The fourth-order valence-electron chi connectivity index (χ4n) is 3.22. The molecule has 4 nitrogen and oxygen atoms in total. The van der Waals surface area contributed by atoms with Gasteiger partial charge in [0.05, 0.1) is 19.3 Å². The Morgan fingerprint density at radius 1 is 0.828 bits per heavy atom. The summed E-state index contributed by atoms with van der Waals surface area (Å²) < 4.78 is 11.5. The molecule has 0 saturated carbocycles. The summed E-state index contributed by atoms with van der Waals surface area (Å²) in [6.45, 7) is 5.00. The van der Waals surface area contributed by atoms with Gasteiger partial charge in [-0.05, 0) is 55.7 Å². The predicted octanol–water partition coefficient (Wildman–Crippen LogP) is 5.20. The van der Waals surface area contributed by atoms with Crippen molar-refractivity contribution >= 4 is 5.91 Å². The Hall–Kier alpha value is -3.27. The maximum absolute atomic E-state index is 12.8. The molecule has 0 aliphatic rings. The van der Waals surface area contributed by atoms with Crippen LogP contribution in [0.15, 0.2) is 78.9 Å². The third kappa shape index (κ3) is 5.61. The zero-order valence-corrected chi connectivity index (χ0v) is 16.9. The molecule has 4 heteroatoms. The van der Waals surface area contributed by atoms with Crippen LogP contribution in [0, 0.1) is 0 Å². The van der Waals surface area contributed by atoms with Crippen molar-refractivity contribution in [3.63, 3.8) is 0 Å². The van der Waals surface area contributed by atoms with E-state index in [9.17, 15) is 4.79 Å². The van der Waals surface area contributed by atoms with Gasteiger partial charge in [-0.15, -0.1) is 0 Å². The molecule has 1 N–H and O–H groups in total. The van der Waals surface area contributed by atoms with Crippen LogP contribution in [0.5, 0.6) is 11.5 Å². The minimum Gasteiger partial charge on any atom is -0.490 e. The third-order valence-corrected chi connectivity index (χ3v) is 4.59. The molecule has 0 radical (unpaired) electrons. The lowest BCUT2D eigenvalue weighted by Crippen LogP contribution is -2.30. The van der Waals surface area contributed by atoms with E-state index in [2.05, 4.69) is 17.4 Å². The van der Waals surface area contributed by atoms with Gasteiger partial charge in [-0.3, -0.25) is 4.79 Å².